The van der Waals surface area contributed by atoms with Crippen LogP contribution in [0.5, 0.6) is 0 Å². The largest absolute Gasteiger partial charge is 0.309 e. The van der Waals surface area contributed by atoms with Gasteiger partial charge in [-0.3, -0.25) is 9.59 Å². The van der Waals surface area contributed by atoms with Crippen molar-refractivity contribution in [1.82, 2.24) is 0 Å². The highest BCUT2D eigenvalue weighted by Gasteiger charge is 2.37. The Morgan fingerprint density at radius 1 is 1.04 bits per heavy atom. The average molecular weight is 379 g/mol. The number of carbonyl (C=O) groups is 2. The molecule has 2 aromatic rings. The smallest absolute Gasteiger partial charge is 0.227 e. The number of fused-ring (bicyclic) bond motifs is 1. The second-order valence-electron chi connectivity index (χ2n) is 7.60. The van der Waals surface area contributed by atoms with E-state index in [1.54, 1.807) is 6.92 Å². The van der Waals surface area contributed by atoms with Crippen molar-refractivity contribution in [2.45, 2.75) is 65.0 Å². The number of hydrogen-bond acceptors (Lipinski definition) is 2. The molecule has 0 saturated heterocycles. The molecule has 1 heterocycles. The maximum absolute atomic E-state index is 13.3. The van der Waals surface area contributed by atoms with Crippen molar-refractivity contribution in [2.75, 3.05) is 9.80 Å². The van der Waals surface area contributed by atoms with Crippen LogP contribution in [0.3, 0.4) is 0 Å². The van der Waals surface area contributed by atoms with Gasteiger partial charge in [-0.05, 0) is 43.5 Å². The Morgan fingerprint density at radius 3 is 2.39 bits per heavy atom. The van der Waals surface area contributed by atoms with Crippen LogP contribution in [-0.4, -0.2) is 17.9 Å². The summed E-state index contributed by atoms with van der Waals surface area (Å²) < 4.78 is 0. The Balaban J connectivity index is 2.03. The first-order valence-electron chi connectivity index (χ1n) is 10.3. The summed E-state index contributed by atoms with van der Waals surface area (Å²) in [6, 6.07) is 17.9. The number of unbranched alkanes of at least 4 members (excludes halogenated alkanes) is 2. The minimum absolute atomic E-state index is 0.0343. The first-order chi connectivity index (χ1) is 13.5. The molecule has 2 atom stereocenters. The Bertz CT molecular complexity index is 818. The van der Waals surface area contributed by atoms with E-state index in [2.05, 4.69) is 19.9 Å². The molecule has 4 nitrogen and oxygen atoms in total. The van der Waals surface area contributed by atoms with Gasteiger partial charge in [-0.1, -0.05) is 56.2 Å². The summed E-state index contributed by atoms with van der Waals surface area (Å²) in [7, 11) is 0. The molecule has 28 heavy (non-hydrogen) atoms. The molecule has 0 radical (unpaired) electrons. The Morgan fingerprint density at radius 2 is 1.71 bits per heavy atom. The minimum atomic E-state index is -0.0710. The molecule has 0 bridgehead atoms. The molecule has 4 heteroatoms. The van der Waals surface area contributed by atoms with Gasteiger partial charge in [-0.15, -0.1) is 0 Å². The number of nitrogens with zero attached hydrogens (tertiary/aromatic N) is 2. The highest BCUT2D eigenvalue weighted by Crippen LogP contribution is 2.42. The second kappa shape index (κ2) is 9.05. The lowest BCUT2D eigenvalue weighted by Gasteiger charge is -2.43. The van der Waals surface area contributed by atoms with Crippen LogP contribution in [0.1, 0.15) is 64.5 Å². The monoisotopic (exact) mass is 378 g/mol. The lowest BCUT2D eigenvalue weighted by Crippen LogP contribution is -2.47. The van der Waals surface area contributed by atoms with E-state index in [1.165, 1.54) is 0 Å². The molecule has 148 valence electrons. The van der Waals surface area contributed by atoms with Crippen LogP contribution in [0.25, 0.3) is 0 Å². The van der Waals surface area contributed by atoms with Gasteiger partial charge in [0, 0.05) is 30.8 Å². The molecule has 0 unspecified atom stereocenters. The molecular formula is C24H30N2O2. The molecule has 0 saturated carbocycles. The molecule has 0 fully saturated rings. The van der Waals surface area contributed by atoms with Crippen LogP contribution < -0.4 is 9.80 Å². The average Bonchev–Trinajstić information content (AvgIpc) is 2.69. The van der Waals surface area contributed by atoms with E-state index in [4.69, 9.17) is 0 Å². The minimum Gasteiger partial charge on any atom is -0.309 e. The van der Waals surface area contributed by atoms with Gasteiger partial charge < -0.3 is 9.80 Å². The van der Waals surface area contributed by atoms with Crippen molar-refractivity contribution < 1.29 is 9.59 Å². The van der Waals surface area contributed by atoms with Gasteiger partial charge >= 0.3 is 0 Å². The van der Waals surface area contributed by atoms with E-state index in [0.29, 0.717) is 6.42 Å². The molecule has 0 aromatic heterocycles. The van der Waals surface area contributed by atoms with Crippen LogP contribution in [0.2, 0.25) is 0 Å². The Hall–Kier alpha value is -2.62. The third-order valence-electron chi connectivity index (χ3n) is 5.51. The summed E-state index contributed by atoms with van der Waals surface area (Å²) in [5.41, 5.74) is 2.89. The fourth-order valence-electron chi connectivity index (χ4n) is 4.24. The first-order valence-corrected chi connectivity index (χ1v) is 10.3. The molecule has 2 aromatic carbocycles. The number of benzene rings is 2. The van der Waals surface area contributed by atoms with E-state index >= 15 is 0 Å². The molecule has 3 rings (SSSR count). The van der Waals surface area contributed by atoms with Gasteiger partial charge in [0.1, 0.15) is 0 Å². The summed E-state index contributed by atoms with van der Waals surface area (Å²) >= 11 is 0. The van der Waals surface area contributed by atoms with E-state index in [0.717, 1.165) is 42.6 Å². The van der Waals surface area contributed by atoms with E-state index in [-0.39, 0.29) is 23.9 Å². The van der Waals surface area contributed by atoms with Crippen molar-refractivity contribution in [3.8, 4) is 0 Å². The Kier molecular flexibility index (Phi) is 6.50. The number of anilines is 2. The molecule has 1 aliphatic rings. The fourth-order valence-corrected chi connectivity index (χ4v) is 4.24. The number of para-hydroxylation sites is 2. The van der Waals surface area contributed by atoms with Gasteiger partial charge in [0.05, 0.1) is 6.04 Å². The molecule has 1 aliphatic heterocycles. The van der Waals surface area contributed by atoms with E-state index in [9.17, 15) is 9.59 Å². The molecule has 0 N–H and O–H groups in total. The topological polar surface area (TPSA) is 40.6 Å². The van der Waals surface area contributed by atoms with Gasteiger partial charge in [0.2, 0.25) is 11.8 Å². The van der Waals surface area contributed by atoms with E-state index in [1.807, 2.05) is 58.3 Å². The molecule has 0 aliphatic carbocycles. The van der Waals surface area contributed by atoms with Crippen molar-refractivity contribution >= 4 is 23.2 Å². The van der Waals surface area contributed by atoms with Crippen molar-refractivity contribution in [3.05, 3.63) is 60.2 Å². The van der Waals surface area contributed by atoms with Crippen molar-refractivity contribution in [2.24, 2.45) is 0 Å². The zero-order valence-electron chi connectivity index (χ0n) is 17.1. The highest BCUT2D eigenvalue weighted by atomic mass is 16.2. The third-order valence-corrected chi connectivity index (χ3v) is 5.51. The van der Waals surface area contributed by atoms with Crippen molar-refractivity contribution in [3.63, 3.8) is 0 Å². The number of hydrogen-bond donors (Lipinski definition) is 0. The number of amides is 2. The summed E-state index contributed by atoms with van der Waals surface area (Å²) in [4.78, 5) is 29.4. The zero-order chi connectivity index (χ0) is 20.1. The van der Waals surface area contributed by atoms with Gasteiger partial charge in [0.15, 0.2) is 0 Å². The lowest BCUT2D eigenvalue weighted by atomic mass is 9.89. The first kappa shape index (κ1) is 20.1. The van der Waals surface area contributed by atoms with Crippen LogP contribution in [0, 0.1) is 0 Å². The fraction of sp³-hybridized carbons (Fsp3) is 0.417. The summed E-state index contributed by atoms with van der Waals surface area (Å²) in [6.45, 7) is 5.82. The molecule has 2 amide bonds. The van der Waals surface area contributed by atoms with Gasteiger partial charge in [-0.25, -0.2) is 0 Å². The second-order valence-corrected chi connectivity index (χ2v) is 7.60. The molecule has 0 spiro atoms. The third kappa shape index (κ3) is 4.11. The quantitative estimate of drug-likeness (QED) is 0.624. The van der Waals surface area contributed by atoms with E-state index < -0.39 is 0 Å². The summed E-state index contributed by atoms with van der Waals surface area (Å²) in [5, 5.41) is 0. The zero-order valence-corrected chi connectivity index (χ0v) is 17.1. The summed E-state index contributed by atoms with van der Waals surface area (Å²) in [5.74, 6) is 0.196. The van der Waals surface area contributed by atoms with Gasteiger partial charge in [0.25, 0.3) is 0 Å². The van der Waals surface area contributed by atoms with Gasteiger partial charge in [-0.2, -0.15) is 0 Å². The van der Waals surface area contributed by atoms with Crippen LogP contribution in [-0.2, 0) is 9.59 Å². The predicted octanol–water partition coefficient (Wildman–Crippen LogP) is 5.49. The van der Waals surface area contributed by atoms with Crippen LogP contribution in [0.15, 0.2) is 54.6 Å². The Labute approximate surface area is 168 Å². The van der Waals surface area contributed by atoms with Crippen LogP contribution >= 0.6 is 0 Å². The number of carbonyl (C=O) groups excluding carboxylic acids is 2. The maximum atomic E-state index is 13.3. The predicted molar refractivity (Wildman–Crippen MR) is 114 cm³/mol. The van der Waals surface area contributed by atoms with Crippen LogP contribution in [0.4, 0.5) is 11.4 Å². The standard InChI is InChI=1S/C24H30N2O2/c1-4-5-7-16-24(28)26(20-12-8-6-9-13-20)23-17-18(2)25(19(3)27)22-15-11-10-14-21(22)23/h6,8-15,18,23H,4-5,7,16-17H2,1-3H3/t18-,23+/m0/s1. The SMILES string of the molecule is CCCCCC(=O)N(c1ccccc1)[C@@H]1C[C@H](C)N(C(C)=O)c2ccccc21. The lowest BCUT2D eigenvalue weighted by molar-refractivity contribution is -0.119. The summed E-state index contributed by atoms with van der Waals surface area (Å²) in [6.07, 6.45) is 4.33. The number of rotatable bonds is 6. The maximum Gasteiger partial charge on any atom is 0.227 e. The normalized spacial score (nSPS) is 18.5. The highest BCUT2D eigenvalue weighted by molar-refractivity contribution is 5.97. The van der Waals surface area contributed by atoms with Crippen molar-refractivity contribution in [1.29, 1.82) is 0 Å². The molecular weight excluding hydrogens is 348 g/mol.